The zero-order chi connectivity index (χ0) is 33.5. The quantitative estimate of drug-likeness (QED) is 0.186. The summed E-state index contributed by atoms with van der Waals surface area (Å²) in [7, 11) is 0. The van der Waals surface area contributed by atoms with Gasteiger partial charge in [0.15, 0.2) is 0 Å². The molecule has 0 saturated carbocycles. The minimum Gasteiger partial charge on any atom is -0.456 e. The first kappa shape index (κ1) is 28.2. The Hall–Kier alpha value is -6.64. The normalized spacial score (nSPS) is 13.3. The average Bonchev–Trinajstić information content (AvgIpc) is 3.83. The maximum atomic E-state index is 6.68. The number of rotatable bonds is 4. The van der Waals surface area contributed by atoms with Gasteiger partial charge in [0.2, 0.25) is 0 Å². The topological polar surface area (TPSA) is 18.1 Å². The standard InChI is InChI=1S/C49H31NO/c1-3-13-34(14-4-1)49(35-15-5-2-6-16-35)43-20-10-7-17-37(43)40-30-42-41-29-33(25-28-47(41)51-48(42)31-44(40)49)32-23-26-36(27-24-32)50-45-21-11-8-18-38(45)39-19-9-12-22-46(39)50/h1-31H. The van der Waals surface area contributed by atoms with Crippen LogP contribution in [0.15, 0.2) is 192 Å². The minimum absolute atomic E-state index is 0.453. The number of hydrogen-bond acceptors (Lipinski definition) is 1. The van der Waals surface area contributed by atoms with Crippen LogP contribution < -0.4 is 0 Å². The number of hydrogen-bond donors (Lipinski definition) is 0. The van der Waals surface area contributed by atoms with Crippen LogP contribution in [-0.4, -0.2) is 4.57 Å². The Balaban J connectivity index is 1.07. The third kappa shape index (κ3) is 3.93. The molecule has 2 nitrogen and oxygen atoms in total. The van der Waals surface area contributed by atoms with Crippen LogP contribution in [0.25, 0.3) is 71.7 Å². The molecule has 8 aromatic carbocycles. The van der Waals surface area contributed by atoms with Gasteiger partial charge in [-0.25, -0.2) is 0 Å². The number of para-hydroxylation sites is 2. The van der Waals surface area contributed by atoms with E-state index < -0.39 is 5.41 Å². The Morgan fingerprint density at radius 3 is 1.63 bits per heavy atom. The number of fused-ring (bicyclic) bond motifs is 9. The number of furan rings is 1. The summed E-state index contributed by atoms with van der Waals surface area (Å²) < 4.78 is 9.04. The van der Waals surface area contributed by atoms with Crippen LogP contribution >= 0.6 is 0 Å². The van der Waals surface area contributed by atoms with Crippen LogP contribution in [0, 0.1) is 0 Å². The molecule has 238 valence electrons. The number of aromatic nitrogens is 1. The molecule has 1 aliphatic carbocycles. The van der Waals surface area contributed by atoms with Gasteiger partial charge < -0.3 is 8.98 Å². The second kappa shape index (κ2) is 10.7. The molecule has 2 aromatic heterocycles. The van der Waals surface area contributed by atoms with Crippen molar-refractivity contribution in [1.29, 1.82) is 0 Å². The van der Waals surface area contributed by atoms with Crippen molar-refractivity contribution in [3.63, 3.8) is 0 Å². The maximum Gasteiger partial charge on any atom is 0.135 e. The summed E-state index contributed by atoms with van der Waals surface area (Å²) in [5.41, 5.74) is 14.9. The van der Waals surface area contributed by atoms with Crippen molar-refractivity contribution >= 4 is 43.7 Å². The van der Waals surface area contributed by atoms with Crippen molar-refractivity contribution in [1.82, 2.24) is 4.57 Å². The molecule has 0 radical (unpaired) electrons. The lowest BCUT2D eigenvalue weighted by Crippen LogP contribution is -2.28. The van der Waals surface area contributed by atoms with Gasteiger partial charge in [-0.05, 0) is 93.0 Å². The van der Waals surface area contributed by atoms with E-state index in [9.17, 15) is 0 Å². The average molecular weight is 650 g/mol. The van der Waals surface area contributed by atoms with E-state index in [2.05, 4.69) is 193 Å². The van der Waals surface area contributed by atoms with Crippen molar-refractivity contribution in [2.75, 3.05) is 0 Å². The molecule has 0 saturated heterocycles. The van der Waals surface area contributed by atoms with Crippen molar-refractivity contribution < 1.29 is 4.42 Å². The van der Waals surface area contributed by atoms with Crippen LogP contribution in [0.5, 0.6) is 0 Å². The zero-order valence-electron chi connectivity index (χ0n) is 27.8. The second-order valence-corrected chi connectivity index (χ2v) is 13.7. The molecular formula is C49H31NO. The fraction of sp³-hybridized carbons (Fsp3) is 0.0204. The molecule has 0 N–H and O–H groups in total. The van der Waals surface area contributed by atoms with Crippen molar-refractivity contribution in [2.24, 2.45) is 0 Å². The molecule has 2 heteroatoms. The first-order valence-electron chi connectivity index (χ1n) is 17.6. The molecule has 2 heterocycles. The molecule has 0 unspecified atom stereocenters. The Kier molecular flexibility index (Phi) is 5.91. The molecule has 11 rings (SSSR count). The van der Waals surface area contributed by atoms with Gasteiger partial charge in [-0.1, -0.05) is 140 Å². The Morgan fingerprint density at radius 1 is 0.373 bits per heavy atom. The molecule has 0 amide bonds. The summed E-state index contributed by atoms with van der Waals surface area (Å²) in [6, 6.07) is 68.3. The van der Waals surface area contributed by atoms with Crippen molar-refractivity contribution in [3.8, 4) is 27.9 Å². The first-order chi connectivity index (χ1) is 25.3. The van der Waals surface area contributed by atoms with Crippen molar-refractivity contribution in [2.45, 2.75) is 5.41 Å². The molecular weight excluding hydrogens is 619 g/mol. The van der Waals surface area contributed by atoms with E-state index in [0.29, 0.717) is 0 Å². The third-order valence-electron chi connectivity index (χ3n) is 11.1. The largest absolute Gasteiger partial charge is 0.456 e. The lowest BCUT2D eigenvalue weighted by molar-refractivity contribution is 0.666. The van der Waals surface area contributed by atoms with E-state index in [1.54, 1.807) is 0 Å². The highest BCUT2D eigenvalue weighted by Crippen LogP contribution is 2.57. The van der Waals surface area contributed by atoms with Crippen LogP contribution in [0.4, 0.5) is 0 Å². The molecule has 1 aliphatic rings. The molecule has 0 spiro atoms. The minimum atomic E-state index is -0.453. The van der Waals surface area contributed by atoms with Crippen LogP contribution in [0.1, 0.15) is 22.3 Å². The van der Waals surface area contributed by atoms with Gasteiger partial charge >= 0.3 is 0 Å². The predicted molar refractivity (Wildman–Crippen MR) is 211 cm³/mol. The first-order valence-corrected chi connectivity index (χ1v) is 17.6. The fourth-order valence-corrected chi connectivity index (χ4v) is 8.89. The predicted octanol–water partition coefficient (Wildman–Crippen LogP) is 12.7. The Bertz CT molecular complexity index is 2860. The second-order valence-electron chi connectivity index (χ2n) is 13.7. The lowest BCUT2D eigenvalue weighted by atomic mass is 9.67. The summed E-state index contributed by atoms with van der Waals surface area (Å²) in [4.78, 5) is 0. The Morgan fingerprint density at radius 2 is 0.941 bits per heavy atom. The van der Waals surface area contributed by atoms with Gasteiger partial charge in [-0.3, -0.25) is 0 Å². The van der Waals surface area contributed by atoms with E-state index in [-0.39, 0.29) is 0 Å². The van der Waals surface area contributed by atoms with Gasteiger partial charge in [0, 0.05) is 27.2 Å². The van der Waals surface area contributed by atoms with Gasteiger partial charge in [0.25, 0.3) is 0 Å². The molecule has 0 fully saturated rings. The smallest absolute Gasteiger partial charge is 0.135 e. The maximum absolute atomic E-state index is 6.68. The number of nitrogens with zero attached hydrogens (tertiary/aromatic N) is 1. The highest BCUT2D eigenvalue weighted by Gasteiger charge is 2.46. The van der Waals surface area contributed by atoms with Gasteiger partial charge in [0.1, 0.15) is 11.2 Å². The summed E-state index contributed by atoms with van der Waals surface area (Å²) >= 11 is 0. The summed E-state index contributed by atoms with van der Waals surface area (Å²) in [6.45, 7) is 0. The molecule has 0 aliphatic heterocycles. The van der Waals surface area contributed by atoms with E-state index in [4.69, 9.17) is 4.42 Å². The summed E-state index contributed by atoms with van der Waals surface area (Å²) in [5, 5.41) is 4.81. The van der Waals surface area contributed by atoms with Gasteiger partial charge in [-0.2, -0.15) is 0 Å². The van der Waals surface area contributed by atoms with Crippen LogP contribution in [0.2, 0.25) is 0 Å². The highest BCUT2D eigenvalue weighted by atomic mass is 16.3. The lowest BCUT2D eigenvalue weighted by Gasteiger charge is -2.33. The Labute approximate surface area is 295 Å². The summed E-state index contributed by atoms with van der Waals surface area (Å²) in [5.74, 6) is 0. The van der Waals surface area contributed by atoms with Gasteiger partial charge in [-0.15, -0.1) is 0 Å². The monoisotopic (exact) mass is 649 g/mol. The molecule has 51 heavy (non-hydrogen) atoms. The van der Waals surface area contributed by atoms with E-state index >= 15 is 0 Å². The van der Waals surface area contributed by atoms with Gasteiger partial charge in [0.05, 0.1) is 16.4 Å². The molecule has 10 aromatic rings. The van der Waals surface area contributed by atoms with E-state index in [1.807, 2.05) is 0 Å². The molecule has 0 bridgehead atoms. The fourth-order valence-electron chi connectivity index (χ4n) is 8.89. The number of benzene rings is 8. The van der Waals surface area contributed by atoms with Crippen LogP contribution in [-0.2, 0) is 5.41 Å². The SMILES string of the molecule is c1ccc(C2(c3ccccc3)c3ccccc3-c3cc4c(cc32)oc2ccc(-c3ccc(-n5c6ccccc6c6ccccc65)cc3)cc24)cc1. The van der Waals surface area contributed by atoms with Crippen molar-refractivity contribution in [3.05, 3.63) is 210 Å². The third-order valence-corrected chi connectivity index (χ3v) is 11.1. The zero-order valence-corrected chi connectivity index (χ0v) is 27.8. The molecule has 0 atom stereocenters. The van der Waals surface area contributed by atoms with E-state index in [1.165, 1.54) is 66.3 Å². The van der Waals surface area contributed by atoms with Crippen LogP contribution in [0.3, 0.4) is 0 Å². The summed E-state index contributed by atoms with van der Waals surface area (Å²) in [6.07, 6.45) is 0. The highest BCUT2D eigenvalue weighted by molar-refractivity contribution is 6.10. The van der Waals surface area contributed by atoms with E-state index in [0.717, 1.165) is 27.6 Å².